The van der Waals surface area contributed by atoms with E-state index in [2.05, 4.69) is 0 Å². The molecule has 1 fully saturated rings. The van der Waals surface area contributed by atoms with Gasteiger partial charge in [-0.15, -0.1) is 0 Å². The number of phenols is 2. The van der Waals surface area contributed by atoms with Crippen molar-refractivity contribution < 1.29 is 49.7 Å². The number of ether oxygens (including phenoxy) is 2. The fourth-order valence-corrected chi connectivity index (χ4v) is 6.50. The predicted octanol–water partition coefficient (Wildman–Crippen LogP) is 3.46. The lowest BCUT2D eigenvalue weighted by Gasteiger charge is -2.45. The summed E-state index contributed by atoms with van der Waals surface area (Å²) in [6.45, 7) is 6.24. The molecule has 2 aromatic rings. The summed E-state index contributed by atoms with van der Waals surface area (Å²) in [4.78, 5) is 25.8. The van der Waals surface area contributed by atoms with E-state index < -0.39 is 63.9 Å². The number of carbonyl (C=O) groups is 2. The second kappa shape index (κ2) is 8.12. The third-order valence-corrected chi connectivity index (χ3v) is 8.60. The minimum Gasteiger partial charge on any atom is -0.506 e. The van der Waals surface area contributed by atoms with Crippen LogP contribution in [-0.4, -0.2) is 65.6 Å². The molecule has 2 aromatic carbocycles. The molecule has 6 rings (SSSR count). The Morgan fingerprint density at radius 1 is 0.800 bits per heavy atom. The van der Waals surface area contributed by atoms with Crippen molar-refractivity contribution in [3.8, 4) is 34.1 Å². The largest absolute Gasteiger partial charge is 0.506 e. The van der Waals surface area contributed by atoms with E-state index in [4.69, 9.17) is 9.47 Å². The Morgan fingerprint density at radius 3 is 1.85 bits per heavy atom. The fourth-order valence-electron chi connectivity index (χ4n) is 6.50. The highest BCUT2D eigenvalue weighted by atomic mass is 16.5. The Hall–Kier alpha value is -4.28. The topological polar surface area (TPSA) is 174 Å². The van der Waals surface area contributed by atoms with Crippen LogP contribution in [0, 0.1) is 5.92 Å². The van der Waals surface area contributed by atoms with Crippen LogP contribution in [0.1, 0.15) is 45.2 Å². The Balaban J connectivity index is 1.53. The van der Waals surface area contributed by atoms with Gasteiger partial charge in [-0.25, -0.2) is 0 Å². The normalized spacial score (nSPS) is 30.9. The monoisotopic (exact) mass is 548 g/mol. The summed E-state index contributed by atoms with van der Waals surface area (Å²) in [6.07, 6.45) is -1.15. The molecule has 2 aliphatic carbocycles. The molecule has 0 radical (unpaired) electrons. The third kappa shape index (κ3) is 3.11. The molecule has 0 aromatic heterocycles. The van der Waals surface area contributed by atoms with E-state index in [-0.39, 0.29) is 51.3 Å². The Labute approximate surface area is 228 Å². The van der Waals surface area contributed by atoms with Crippen LogP contribution in [-0.2, 0) is 9.59 Å². The van der Waals surface area contributed by atoms with Crippen LogP contribution >= 0.6 is 0 Å². The first-order valence-corrected chi connectivity index (χ1v) is 12.8. The van der Waals surface area contributed by atoms with Crippen molar-refractivity contribution in [3.63, 3.8) is 0 Å². The highest BCUT2D eigenvalue weighted by Crippen LogP contribution is 2.54. The molecule has 4 aliphatic rings. The number of phenolic OH excluding ortho intramolecular Hbond substituents is 2. The third-order valence-electron chi connectivity index (χ3n) is 8.60. The van der Waals surface area contributed by atoms with Gasteiger partial charge in [0.05, 0.1) is 11.1 Å². The number of fused-ring (bicyclic) bond motifs is 4. The average molecular weight is 549 g/mol. The van der Waals surface area contributed by atoms with Gasteiger partial charge in [-0.1, -0.05) is 6.92 Å². The standard InChI is InChI=1S/C30H28O10/c1-11-9-15(31)21-25(35)19-17(39-29(21,3)27(11)37)7-5-13(23(19)33)14-6-8-18-20(24(14)34)26(36)22-16(32)10-12(2)28(38)30(22,4)40-18/h5-9,12,27-28,33-38H,10H2,1-4H3/t12-,27+,28+,29-,30+/m1/s1. The van der Waals surface area contributed by atoms with E-state index in [1.807, 2.05) is 0 Å². The molecule has 0 spiro atoms. The Kier molecular flexibility index (Phi) is 5.27. The number of aliphatic hydroxyl groups is 4. The maximum absolute atomic E-state index is 12.9. The number of aliphatic hydroxyl groups excluding tert-OH is 4. The van der Waals surface area contributed by atoms with Gasteiger partial charge in [-0.3, -0.25) is 9.59 Å². The molecule has 40 heavy (non-hydrogen) atoms. The lowest BCUT2D eigenvalue weighted by atomic mass is 9.70. The average Bonchev–Trinajstić information content (AvgIpc) is 2.86. The number of rotatable bonds is 1. The van der Waals surface area contributed by atoms with Gasteiger partial charge in [-0.2, -0.15) is 0 Å². The Morgan fingerprint density at radius 2 is 1.30 bits per heavy atom. The van der Waals surface area contributed by atoms with Crippen molar-refractivity contribution in [2.75, 3.05) is 0 Å². The first-order valence-electron chi connectivity index (χ1n) is 12.8. The van der Waals surface area contributed by atoms with Crippen LogP contribution in [0.25, 0.3) is 22.6 Å². The molecule has 5 atom stereocenters. The zero-order chi connectivity index (χ0) is 29.0. The zero-order valence-electron chi connectivity index (χ0n) is 22.1. The summed E-state index contributed by atoms with van der Waals surface area (Å²) in [7, 11) is 0. The Bertz CT molecular complexity index is 1650. The SMILES string of the molecule is CC1=CC(=O)C2=C(O)c3c(ccc(-c4ccc5c(c4O)C(O)=C4C(=O)C[C@@H](C)[C@H](O)[C@@]4(C)O5)c3O)O[C@@]2(C)[C@H]1O. The number of Topliss-reactive ketones (excluding diaryl/α,β-unsaturated/α-hetero) is 1. The minimum atomic E-state index is -1.59. The summed E-state index contributed by atoms with van der Waals surface area (Å²) in [5, 5.41) is 66.5. The van der Waals surface area contributed by atoms with Crippen LogP contribution in [0.2, 0.25) is 0 Å². The second-order valence-corrected chi connectivity index (χ2v) is 11.2. The van der Waals surface area contributed by atoms with Gasteiger partial charge in [0.2, 0.25) is 0 Å². The molecule has 0 unspecified atom stereocenters. The van der Waals surface area contributed by atoms with Crippen molar-refractivity contribution in [3.05, 3.63) is 58.2 Å². The predicted molar refractivity (Wildman–Crippen MR) is 142 cm³/mol. The molecule has 208 valence electrons. The lowest BCUT2D eigenvalue weighted by Crippen LogP contribution is -2.57. The lowest BCUT2D eigenvalue weighted by molar-refractivity contribution is -0.129. The molecule has 2 aliphatic heterocycles. The van der Waals surface area contributed by atoms with Crippen LogP contribution in [0.4, 0.5) is 0 Å². The van der Waals surface area contributed by atoms with Crippen LogP contribution in [0.3, 0.4) is 0 Å². The zero-order valence-corrected chi connectivity index (χ0v) is 22.1. The van der Waals surface area contributed by atoms with Gasteiger partial charge in [0, 0.05) is 17.5 Å². The molecular weight excluding hydrogens is 520 g/mol. The molecule has 10 heteroatoms. The van der Waals surface area contributed by atoms with Crippen molar-refractivity contribution in [2.45, 2.75) is 57.5 Å². The number of allylic oxidation sites excluding steroid dienone is 1. The molecule has 0 saturated heterocycles. The maximum atomic E-state index is 12.9. The van der Waals surface area contributed by atoms with E-state index in [1.165, 1.54) is 44.2 Å². The number of benzene rings is 2. The first kappa shape index (κ1) is 26.0. The summed E-state index contributed by atoms with van der Waals surface area (Å²) in [5.74, 6) is -3.56. The molecule has 0 amide bonds. The van der Waals surface area contributed by atoms with Crippen LogP contribution < -0.4 is 9.47 Å². The van der Waals surface area contributed by atoms with Crippen LogP contribution in [0.15, 0.2) is 47.1 Å². The van der Waals surface area contributed by atoms with Crippen molar-refractivity contribution in [1.82, 2.24) is 0 Å². The number of carbonyl (C=O) groups excluding carboxylic acids is 2. The molecule has 2 heterocycles. The summed E-state index contributed by atoms with van der Waals surface area (Å²) in [5.41, 5.74) is -3.49. The van der Waals surface area contributed by atoms with E-state index in [0.717, 1.165) is 0 Å². The van der Waals surface area contributed by atoms with Gasteiger partial charge in [0.15, 0.2) is 22.8 Å². The van der Waals surface area contributed by atoms with Crippen LogP contribution in [0.5, 0.6) is 23.0 Å². The van der Waals surface area contributed by atoms with Gasteiger partial charge in [0.1, 0.15) is 57.9 Å². The highest BCUT2D eigenvalue weighted by molar-refractivity contribution is 6.13. The van der Waals surface area contributed by atoms with E-state index >= 15 is 0 Å². The van der Waals surface area contributed by atoms with E-state index in [0.29, 0.717) is 5.57 Å². The second-order valence-electron chi connectivity index (χ2n) is 11.2. The number of ketones is 2. The molecule has 0 bridgehead atoms. The first-order chi connectivity index (χ1) is 18.7. The highest BCUT2D eigenvalue weighted by Gasteiger charge is 2.54. The van der Waals surface area contributed by atoms with E-state index in [1.54, 1.807) is 13.8 Å². The smallest absolute Gasteiger partial charge is 0.189 e. The quantitative estimate of drug-likeness (QED) is 0.310. The summed E-state index contributed by atoms with van der Waals surface area (Å²) >= 11 is 0. The van der Waals surface area contributed by atoms with Gasteiger partial charge in [0.25, 0.3) is 0 Å². The van der Waals surface area contributed by atoms with E-state index in [9.17, 15) is 40.2 Å². The molecule has 6 N–H and O–H groups in total. The van der Waals surface area contributed by atoms with Crippen molar-refractivity contribution >= 4 is 23.1 Å². The number of aromatic hydroxyl groups is 2. The fraction of sp³-hybridized carbons (Fsp3) is 0.333. The number of hydrogen-bond acceptors (Lipinski definition) is 10. The molecule has 1 saturated carbocycles. The van der Waals surface area contributed by atoms with Gasteiger partial charge < -0.3 is 40.1 Å². The van der Waals surface area contributed by atoms with Crippen molar-refractivity contribution in [1.29, 1.82) is 0 Å². The molecular formula is C30H28O10. The summed E-state index contributed by atoms with van der Waals surface area (Å²) in [6, 6.07) is 5.67. The maximum Gasteiger partial charge on any atom is 0.189 e. The minimum absolute atomic E-state index is 0.00368. The van der Waals surface area contributed by atoms with Gasteiger partial charge >= 0.3 is 0 Å². The molecule has 10 nitrogen and oxygen atoms in total. The van der Waals surface area contributed by atoms with Gasteiger partial charge in [-0.05, 0) is 62.6 Å². The summed E-state index contributed by atoms with van der Waals surface area (Å²) < 4.78 is 12.0. The number of hydrogen-bond donors (Lipinski definition) is 6. The van der Waals surface area contributed by atoms with Crippen molar-refractivity contribution in [2.24, 2.45) is 5.92 Å².